The Morgan fingerprint density at radius 3 is 1.58 bits per heavy atom. The van der Waals surface area contributed by atoms with Gasteiger partial charge in [0.1, 0.15) is 0 Å². The summed E-state index contributed by atoms with van der Waals surface area (Å²) in [6.45, 7) is 4.25. The molecule has 5 aromatic carbocycles. The zero-order chi connectivity index (χ0) is 30.2. The van der Waals surface area contributed by atoms with Gasteiger partial charge in [0.15, 0.2) is 0 Å². The molecule has 216 valence electrons. The van der Waals surface area contributed by atoms with Crippen LogP contribution in [0.5, 0.6) is 0 Å². The van der Waals surface area contributed by atoms with Crippen molar-refractivity contribution in [1.82, 2.24) is 0 Å². The topological polar surface area (TPSA) is 76.7 Å². The molecule has 5 aromatic rings. The van der Waals surface area contributed by atoms with E-state index in [1.54, 1.807) is 38.1 Å². The van der Waals surface area contributed by atoms with Crippen molar-refractivity contribution in [3.05, 3.63) is 131 Å². The van der Waals surface area contributed by atoms with E-state index in [0.717, 1.165) is 49.5 Å². The van der Waals surface area contributed by atoms with Crippen LogP contribution in [0.25, 0.3) is 22.3 Å². The summed E-state index contributed by atoms with van der Waals surface area (Å²) < 4.78 is 11.3. The molecule has 7 heteroatoms. The highest BCUT2D eigenvalue weighted by Crippen LogP contribution is 2.36. The number of ether oxygens (including phenoxy) is 2. The lowest BCUT2D eigenvalue weighted by Gasteiger charge is -2.15. The number of anilines is 4. The fourth-order valence-electron chi connectivity index (χ4n) is 4.69. The molecule has 0 heterocycles. The maximum atomic E-state index is 12.2. The summed E-state index contributed by atoms with van der Waals surface area (Å²) in [5.74, 6) is -0.687. The zero-order valence-electron chi connectivity index (χ0n) is 23.9. The van der Waals surface area contributed by atoms with E-state index in [0.29, 0.717) is 24.3 Å². The molecule has 0 aliphatic rings. The summed E-state index contributed by atoms with van der Waals surface area (Å²) in [6, 6.07) is 37.2. The van der Waals surface area contributed by atoms with Crippen LogP contribution in [0.15, 0.2) is 120 Å². The lowest BCUT2D eigenvalue weighted by molar-refractivity contribution is 0.0517. The van der Waals surface area contributed by atoms with Crippen LogP contribution in [0.2, 0.25) is 0 Å². The molecular formula is C36H31BrN2O4. The molecule has 0 unspecified atom stereocenters. The van der Waals surface area contributed by atoms with Crippen LogP contribution in [0.3, 0.4) is 0 Å². The van der Waals surface area contributed by atoms with Gasteiger partial charge in [-0.15, -0.1) is 0 Å². The molecule has 0 radical (unpaired) electrons. The van der Waals surface area contributed by atoms with Gasteiger partial charge < -0.3 is 20.1 Å². The van der Waals surface area contributed by atoms with Crippen LogP contribution < -0.4 is 10.6 Å². The fourth-order valence-corrected chi connectivity index (χ4v) is 4.95. The van der Waals surface area contributed by atoms with Crippen molar-refractivity contribution in [1.29, 1.82) is 0 Å². The molecule has 0 spiro atoms. The maximum Gasteiger partial charge on any atom is 0.338 e. The third kappa shape index (κ3) is 7.50. The van der Waals surface area contributed by atoms with E-state index in [2.05, 4.69) is 63.0 Å². The standard InChI is InChI=1S/C36H31BrN2O4/c1-3-42-35(40)26-7-5-9-30(21-26)38-29-17-13-24(14-18-29)33-20-19-32(23-34(33)25-11-15-28(37)16-12-25)39-31-10-6-8-27(22-31)36(41)43-4-2/h5-23,38-39H,3-4H2,1-2H3. The van der Waals surface area contributed by atoms with E-state index in [1.165, 1.54) is 0 Å². The number of esters is 2. The molecule has 0 saturated carbocycles. The molecule has 5 rings (SSSR count). The monoisotopic (exact) mass is 634 g/mol. The van der Waals surface area contributed by atoms with Gasteiger partial charge in [-0.3, -0.25) is 0 Å². The highest BCUT2D eigenvalue weighted by molar-refractivity contribution is 9.10. The average Bonchev–Trinajstić information content (AvgIpc) is 3.02. The SMILES string of the molecule is CCOC(=O)c1cccc(Nc2ccc(-c3ccc(Nc4cccc(C(=O)OCC)c4)cc3-c3ccc(Br)cc3)cc2)c1. The second-order valence-corrected chi connectivity index (χ2v) is 10.6. The Hall–Kier alpha value is -4.88. The van der Waals surface area contributed by atoms with Gasteiger partial charge in [-0.25, -0.2) is 9.59 Å². The lowest BCUT2D eigenvalue weighted by Crippen LogP contribution is -2.05. The van der Waals surface area contributed by atoms with Gasteiger partial charge in [-0.2, -0.15) is 0 Å². The molecule has 0 amide bonds. The van der Waals surface area contributed by atoms with Crippen LogP contribution in [0.1, 0.15) is 34.6 Å². The van der Waals surface area contributed by atoms with Crippen LogP contribution in [-0.4, -0.2) is 25.2 Å². The molecule has 0 atom stereocenters. The molecule has 0 aliphatic heterocycles. The van der Waals surface area contributed by atoms with Gasteiger partial charge in [0.05, 0.1) is 24.3 Å². The molecule has 0 aliphatic carbocycles. The van der Waals surface area contributed by atoms with E-state index < -0.39 is 0 Å². The number of hydrogen-bond donors (Lipinski definition) is 2. The number of nitrogens with one attached hydrogen (secondary N) is 2. The summed E-state index contributed by atoms with van der Waals surface area (Å²) in [5, 5.41) is 6.81. The van der Waals surface area contributed by atoms with Gasteiger partial charge in [0.25, 0.3) is 0 Å². The molecule has 2 N–H and O–H groups in total. The Kier molecular flexibility index (Phi) is 9.54. The van der Waals surface area contributed by atoms with Gasteiger partial charge in [-0.1, -0.05) is 58.4 Å². The minimum Gasteiger partial charge on any atom is -0.462 e. The van der Waals surface area contributed by atoms with Crippen molar-refractivity contribution in [2.45, 2.75) is 13.8 Å². The van der Waals surface area contributed by atoms with Crippen LogP contribution >= 0.6 is 15.9 Å². The quantitative estimate of drug-likeness (QED) is 0.149. The van der Waals surface area contributed by atoms with Gasteiger partial charge in [-0.05, 0) is 109 Å². The molecule has 43 heavy (non-hydrogen) atoms. The number of halogens is 1. The summed E-state index contributed by atoms with van der Waals surface area (Å²) in [4.78, 5) is 24.4. The second kappa shape index (κ2) is 13.9. The lowest BCUT2D eigenvalue weighted by atomic mass is 9.94. The first-order chi connectivity index (χ1) is 20.9. The largest absolute Gasteiger partial charge is 0.462 e. The number of carbonyl (C=O) groups excluding carboxylic acids is 2. The van der Waals surface area contributed by atoms with Crippen molar-refractivity contribution >= 4 is 50.6 Å². The van der Waals surface area contributed by atoms with Crippen molar-refractivity contribution in [2.75, 3.05) is 23.8 Å². The maximum absolute atomic E-state index is 12.2. The van der Waals surface area contributed by atoms with Crippen molar-refractivity contribution in [3.63, 3.8) is 0 Å². The smallest absolute Gasteiger partial charge is 0.338 e. The average molecular weight is 636 g/mol. The van der Waals surface area contributed by atoms with Crippen LogP contribution in [-0.2, 0) is 9.47 Å². The first kappa shape index (κ1) is 29.6. The number of carbonyl (C=O) groups is 2. The Morgan fingerprint density at radius 1 is 0.558 bits per heavy atom. The normalized spacial score (nSPS) is 10.6. The molecule has 0 saturated heterocycles. The minimum absolute atomic E-state index is 0.328. The van der Waals surface area contributed by atoms with Gasteiger partial charge in [0, 0.05) is 27.2 Å². The second-order valence-electron chi connectivity index (χ2n) is 9.70. The van der Waals surface area contributed by atoms with Crippen LogP contribution in [0, 0.1) is 0 Å². The van der Waals surface area contributed by atoms with Crippen molar-refractivity contribution < 1.29 is 19.1 Å². The summed E-state index contributed by atoms with van der Waals surface area (Å²) in [6.07, 6.45) is 0. The Bertz CT molecular complexity index is 1730. The van der Waals surface area contributed by atoms with E-state index >= 15 is 0 Å². The highest BCUT2D eigenvalue weighted by Gasteiger charge is 2.12. The predicted octanol–water partition coefficient (Wildman–Crippen LogP) is 9.62. The van der Waals surface area contributed by atoms with Crippen LogP contribution in [0.4, 0.5) is 22.7 Å². The highest BCUT2D eigenvalue weighted by atomic mass is 79.9. The molecule has 0 fully saturated rings. The first-order valence-corrected chi connectivity index (χ1v) is 14.8. The number of rotatable bonds is 10. The molecular weight excluding hydrogens is 604 g/mol. The summed E-state index contributed by atoms with van der Waals surface area (Å²) in [5.41, 5.74) is 8.64. The van der Waals surface area contributed by atoms with E-state index in [-0.39, 0.29) is 11.9 Å². The summed E-state index contributed by atoms with van der Waals surface area (Å²) in [7, 11) is 0. The third-order valence-electron chi connectivity index (χ3n) is 6.70. The number of benzene rings is 5. The van der Waals surface area contributed by atoms with Crippen molar-refractivity contribution in [2.24, 2.45) is 0 Å². The third-order valence-corrected chi connectivity index (χ3v) is 7.22. The molecule has 6 nitrogen and oxygen atoms in total. The molecule has 0 aromatic heterocycles. The zero-order valence-corrected chi connectivity index (χ0v) is 25.5. The Labute approximate surface area is 259 Å². The van der Waals surface area contributed by atoms with E-state index in [4.69, 9.17) is 9.47 Å². The number of hydrogen-bond acceptors (Lipinski definition) is 6. The fraction of sp³-hybridized carbons (Fsp3) is 0.111. The van der Waals surface area contributed by atoms with Gasteiger partial charge >= 0.3 is 11.9 Å². The summed E-state index contributed by atoms with van der Waals surface area (Å²) >= 11 is 3.54. The van der Waals surface area contributed by atoms with Crippen molar-refractivity contribution in [3.8, 4) is 22.3 Å². The Morgan fingerprint density at radius 2 is 1.02 bits per heavy atom. The minimum atomic E-state index is -0.346. The molecule has 0 bridgehead atoms. The van der Waals surface area contributed by atoms with Gasteiger partial charge in [0.2, 0.25) is 0 Å². The Balaban J connectivity index is 1.42. The van der Waals surface area contributed by atoms with E-state index in [9.17, 15) is 9.59 Å². The predicted molar refractivity (Wildman–Crippen MR) is 176 cm³/mol. The first-order valence-electron chi connectivity index (χ1n) is 14.0. The van der Waals surface area contributed by atoms with E-state index in [1.807, 2.05) is 54.6 Å².